The van der Waals surface area contributed by atoms with Crippen LogP contribution in [-0.4, -0.2) is 52.2 Å². The molecule has 10 heteroatoms. The monoisotopic (exact) mass is 488 g/mol. The number of fused-ring (bicyclic) bond motifs is 1. The highest BCUT2D eigenvalue weighted by Gasteiger charge is 2.45. The summed E-state index contributed by atoms with van der Waals surface area (Å²) >= 11 is 6.12. The molecule has 4 aromatic rings. The molecule has 1 aliphatic heterocycles. The minimum atomic E-state index is 0.276. The Morgan fingerprint density at radius 2 is 1.97 bits per heavy atom. The number of nitrogens with zero attached hydrogens (tertiary/aromatic N) is 5. The van der Waals surface area contributed by atoms with Gasteiger partial charge in [0.05, 0.1) is 30.7 Å². The first kappa shape index (κ1) is 21.8. The average molecular weight is 489 g/mol. The van der Waals surface area contributed by atoms with Crippen LogP contribution in [-0.2, 0) is 0 Å². The van der Waals surface area contributed by atoms with Gasteiger partial charge in [-0.05, 0) is 43.2 Å². The van der Waals surface area contributed by atoms with Crippen molar-refractivity contribution in [2.45, 2.75) is 18.4 Å². The maximum absolute atomic E-state index is 6.12. The van der Waals surface area contributed by atoms with Crippen molar-refractivity contribution in [2.75, 3.05) is 42.3 Å². The van der Waals surface area contributed by atoms with Gasteiger partial charge in [0.15, 0.2) is 0 Å². The average Bonchev–Trinajstić information content (AvgIpc) is 3.62. The van der Waals surface area contributed by atoms with Crippen molar-refractivity contribution in [3.05, 3.63) is 60.0 Å². The van der Waals surface area contributed by atoms with E-state index in [0.29, 0.717) is 28.2 Å². The predicted octanol–water partition coefficient (Wildman–Crippen LogP) is 4.51. The van der Waals surface area contributed by atoms with Crippen molar-refractivity contribution in [3.8, 4) is 5.75 Å². The number of methoxy groups -OCH3 is 1. The van der Waals surface area contributed by atoms with E-state index in [1.165, 1.54) is 12.8 Å². The van der Waals surface area contributed by atoms with Crippen molar-refractivity contribution in [1.29, 1.82) is 0 Å². The van der Waals surface area contributed by atoms with E-state index in [0.717, 1.165) is 42.0 Å². The second kappa shape index (κ2) is 8.83. The number of nitrogens with one attached hydrogen (secondary N) is 3. The molecule has 3 aromatic heterocycles. The summed E-state index contributed by atoms with van der Waals surface area (Å²) in [5.74, 6) is 2.67. The first-order chi connectivity index (χ1) is 17.1. The Labute approximate surface area is 207 Å². The third-order valence-corrected chi connectivity index (χ3v) is 6.68. The lowest BCUT2D eigenvalue weighted by Crippen LogP contribution is -2.52. The highest BCUT2D eigenvalue weighted by molar-refractivity contribution is 6.31. The van der Waals surface area contributed by atoms with Crippen LogP contribution in [0.4, 0.5) is 29.0 Å². The zero-order valence-corrected chi connectivity index (χ0v) is 20.0. The predicted molar refractivity (Wildman–Crippen MR) is 138 cm³/mol. The molecule has 1 saturated heterocycles. The van der Waals surface area contributed by atoms with E-state index in [9.17, 15) is 0 Å². The van der Waals surface area contributed by atoms with Gasteiger partial charge >= 0.3 is 0 Å². The van der Waals surface area contributed by atoms with Crippen LogP contribution in [0.3, 0.4) is 0 Å². The number of benzene rings is 1. The van der Waals surface area contributed by atoms with Gasteiger partial charge in [0.1, 0.15) is 23.1 Å². The molecule has 0 radical (unpaired) electrons. The fourth-order valence-corrected chi connectivity index (χ4v) is 4.61. The Morgan fingerprint density at radius 1 is 1.06 bits per heavy atom. The number of hydrogen-bond donors (Lipinski definition) is 3. The van der Waals surface area contributed by atoms with Crippen LogP contribution < -0.4 is 25.6 Å². The molecule has 2 fully saturated rings. The molecule has 1 spiro atoms. The third kappa shape index (κ3) is 4.65. The van der Waals surface area contributed by atoms with E-state index in [4.69, 9.17) is 21.3 Å². The molecule has 1 aliphatic carbocycles. The van der Waals surface area contributed by atoms with Crippen LogP contribution in [0, 0.1) is 0 Å². The molecule has 3 N–H and O–H groups in total. The number of anilines is 5. The smallest absolute Gasteiger partial charge is 0.229 e. The van der Waals surface area contributed by atoms with Crippen LogP contribution in [0.2, 0.25) is 5.02 Å². The van der Waals surface area contributed by atoms with E-state index in [-0.39, 0.29) is 5.54 Å². The molecule has 0 atom stereocenters. The second-order valence-corrected chi connectivity index (χ2v) is 9.38. The Balaban J connectivity index is 1.19. The lowest BCUT2D eigenvalue weighted by atomic mass is 10.2. The molecular formula is C25H25ClN8O. The first-order valence-corrected chi connectivity index (χ1v) is 11.9. The lowest BCUT2D eigenvalue weighted by molar-refractivity contribution is 0.414. The first-order valence-electron chi connectivity index (χ1n) is 11.6. The molecule has 0 unspecified atom stereocenters. The fraction of sp³-hybridized carbons (Fsp3) is 0.280. The van der Waals surface area contributed by atoms with Gasteiger partial charge in [-0.1, -0.05) is 11.6 Å². The van der Waals surface area contributed by atoms with Gasteiger partial charge in [0.25, 0.3) is 0 Å². The topological polar surface area (TPSA) is 100 Å². The van der Waals surface area contributed by atoms with E-state index < -0.39 is 0 Å². The molecule has 35 heavy (non-hydrogen) atoms. The number of hydrogen-bond acceptors (Lipinski definition) is 9. The number of ether oxygens (including phenoxy) is 1. The van der Waals surface area contributed by atoms with Gasteiger partial charge < -0.3 is 25.6 Å². The summed E-state index contributed by atoms with van der Waals surface area (Å²) in [4.78, 5) is 20.4. The normalized spacial score (nSPS) is 16.3. The molecule has 1 saturated carbocycles. The van der Waals surface area contributed by atoms with Crippen LogP contribution >= 0.6 is 11.6 Å². The van der Waals surface area contributed by atoms with Crippen molar-refractivity contribution in [3.63, 3.8) is 0 Å². The molecule has 0 bridgehead atoms. The lowest BCUT2D eigenvalue weighted by Gasteiger charge is -2.35. The Bertz CT molecular complexity index is 1390. The minimum absolute atomic E-state index is 0.276. The summed E-state index contributed by atoms with van der Waals surface area (Å²) in [5, 5.41) is 11.8. The molecule has 4 heterocycles. The van der Waals surface area contributed by atoms with E-state index in [2.05, 4.69) is 35.8 Å². The quantitative estimate of drug-likeness (QED) is 0.362. The van der Waals surface area contributed by atoms with Gasteiger partial charge in [-0.2, -0.15) is 4.98 Å². The maximum atomic E-state index is 6.12. The van der Waals surface area contributed by atoms with Crippen molar-refractivity contribution in [2.24, 2.45) is 0 Å². The largest absolute Gasteiger partial charge is 0.494 e. The summed E-state index contributed by atoms with van der Waals surface area (Å²) in [5.41, 5.74) is 2.66. The summed E-state index contributed by atoms with van der Waals surface area (Å²) < 4.78 is 5.66. The summed E-state index contributed by atoms with van der Waals surface area (Å²) in [6.07, 6.45) is 7.68. The van der Waals surface area contributed by atoms with Gasteiger partial charge in [-0.25, -0.2) is 9.97 Å². The third-order valence-electron chi connectivity index (χ3n) is 6.44. The van der Waals surface area contributed by atoms with Crippen LogP contribution in [0.25, 0.3) is 10.9 Å². The van der Waals surface area contributed by atoms with Crippen LogP contribution in [0.5, 0.6) is 5.75 Å². The standard InChI is InChI=1S/C25H25ClN8O/c1-35-21-12-23(34-9-8-30-25(15-34)5-6-25)29-14-20(21)32-24-27-7-4-22(33-24)31-18-11-16-10-17(26)2-3-19(16)28-13-18/h2-4,7,10-14,30H,5-6,8-9,15H2,1H3,(H2,27,31,32,33). The summed E-state index contributed by atoms with van der Waals surface area (Å²) in [6.45, 7) is 2.87. The number of rotatable bonds is 6. The Hall–Kier alpha value is -3.69. The zero-order valence-electron chi connectivity index (χ0n) is 19.3. The van der Waals surface area contributed by atoms with Gasteiger partial charge in [-0.15, -0.1) is 0 Å². The molecular weight excluding hydrogens is 464 g/mol. The minimum Gasteiger partial charge on any atom is -0.494 e. The van der Waals surface area contributed by atoms with Crippen molar-refractivity contribution in [1.82, 2.24) is 25.3 Å². The van der Waals surface area contributed by atoms with Crippen molar-refractivity contribution >= 4 is 51.5 Å². The number of halogens is 1. The summed E-state index contributed by atoms with van der Waals surface area (Å²) in [7, 11) is 1.66. The fourth-order valence-electron chi connectivity index (χ4n) is 4.43. The maximum Gasteiger partial charge on any atom is 0.229 e. The van der Waals surface area contributed by atoms with Gasteiger partial charge in [0.2, 0.25) is 5.95 Å². The van der Waals surface area contributed by atoms with Gasteiger partial charge in [0, 0.05) is 47.8 Å². The van der Waals surface area contributed by atoms with Crippen LogP contribution in [0.1, 0.15) is 12.8 Å². The Morgan fingerprint density at radius 3 is 2.83 bits per heavy atom. The van der Waals surface area contributed by atoms with Crippen LogP contribution in [0.15, 0.2) is 55.0 Å². The SMILES string of the molecule is COc1cc(N2CCNC3(CC3)C2)ncc1Nc1nccc(Nc2cnc3ccc(Cl)cc3c2)n1. The number of pyridine rings is 2. The second-order valence-electron chi connectivity index (χ2n) is 8.95. The number of aromatic nitrogens is 4. The summed E-state index contributed by atoms with van der Waals surface area (Å²) in [6, 6.07) is 11.4. The van der Waals surface area contributed by atoms with Crippen molar-refractivity contribution < 1.29 is 4.74 Å². The Kier molecular flexibility index (Phi) is 5.50. The van der Waals surface area contributed by atoms with E-state index in [1.54, 1.807) is 31.8 Å². The zero-order chi connectivity index (χ0) is 23.8. The molecule has 178 valence electrons. The molecule has 2 aliphatic rings. The number of piperazine rings is 1. The van der Waals surface area contributed by atoms with Gasteiger partial charge in [-0.3, -0.25) is 4.98 Å². The molecule has 0 amide bonds. The molecule has 1 aromatic carbocycles. The highest BCUT2D eigenvalue weighted by Crippen LogP contribution is 2.39. The molecule has 6 rings (SSSR count). The van der Waals surface area contributed by atoms with E-state index >= 15 is 0 Å². The highest BCUT2D eigenvalue weighted by atomic mass is 35.5. The molecule has 9 nitrogen and oxygen atoms in total. The van der Waals surface area contributed by atoms with E-state index in [1.807, 2.05) is 30.3 Å².